The van der Waals surface area contributed by atoms with E-state index in [1.165, 1.54) is 165 Å². The molecule has 3 aromatic carbocycles. The van der Waals surface area contributed by atoms with Gasteiger partial charge < -0.3 is 14.9 Å². The first-order valence-corrected chi connectivity index (χ1v) is 24.7. The van der Waals surface area contributed by atoms with Crippen molar-refractivity contribution in [3.8, 4) is 11.5 Å². The Morgan fingerprint density at radius 3 is 1.32 bits per heavy atom. The van der Waals surface area contributed by atoms with E-state index in [1.54, 1.807) is 18.2 Å². The molecule has 4 aliphatic rings. The maximum absolute atomic E-state index is 13.2. The van der Waals surface area contributed by atoms with Gasteiger partial charge in [0.05, 0.1) is 11.1 Å². The van der Waals surface area contributed by atoms with E-state index in [0.717, 1.165) is 41.7 Å². The first-order valence-electron chi connectivity index (χ1n) is 24.7. The zero-order valence-electron chi connectivity index (χ0n) is 37.2. The molecule has 0 amide bonds. The highest BCUT2D eigenvalue weighted by Gasteiger charge is 2.33. The Morgan fingerprint density at radius 1 is 0.517 bits per heavy atom. The van der Waals surface area contributed by atoms with Crippen LogP contribution < -0.4 is 9.47 Å². The van der Waals surface area contributed by atoms with Crippen molar-refractivity contribution in [3.05, 3.63) is 94.5 Å². The van der Waals surface area contributed by atoms with Gasteiger partial charge in [-0.3, -0.25) is 0 Å². The minimum Gasteiger partial charge on any atom is -0.423 e. The van der Waals surface area contributed by atoms with Gasteiger partial charge in [-0.1, -0.05) is 115 Å². The number of esters is 2. The Labute approximate surface area is 362 Å². The SMILES string of the molecule is CCCCCC1CCC(C2CCC(c3ccc(C(=O)Oc4ccc(OC(=O)c5ccc(C6CCC(C7CCC(CCCCC)CC7)CC6)cc5)c(C=N)c4)cc3)CC2)CC1. The summed E-state index contributed by atoms with van der Waals surface area (Å²) >= 11 is 0. The fraction of sp³-hybridized carbons (Fsp3) is 0.618. The fourth-order valence-corrected chi connectivity index (χ4v) is 12.0. The van der Waals surface area contributed by atoms with Crippen LogP contribution in [0.25, 0.3) is 0 Å². The highest BCUT2D eigenvalue weighted by molar-refractivity contribution is 5.94. The summed E-state index contributed by atoms with van der Waals surface area (Å²) < 4.78 is 11.5. The Hall–Kier alpha value is -3.73. The second-order valence-electron chi connectivity index (χ2n) is 19.6. The van der Waals surface area contributed by atoms with Crippen molar-refractivity contribution in [2.45, 2.75) is 180 Å². The third kappa shape index (κ3) is 12.0. The second-order valence-corrected chi connectivity index (χ2v) is 19.6. The summed E-state index contributed by atoms with van der Waals surface area (Å²) in [7, 11) is 0. The van der Waals surface area contributed by atoms with Crippen LogP contribution in [0.1, 0.15) is 217 Å². The summed E-state index contributed by atoms with van der Waals surface area (Å²) in [6.07, 6.45) is 34.1. The van der Waals surface area contributed by atoms with E-state index in [9.17, 15) is 9.59 Å². The van der Waals surface area contributed by atoms with Crippen LogP contribution >= 0.6 is 0 Å². The molecule has 4 aliphatic carbocycles. The molecule has 0 aliphatic heterocycles. The highest BCUT2D eigenvalue weighted by Crippen LogP contribution is 2.46. The summed E-state index contributed by atoms with van der Waals surface area (Å²) in [5, 5.41) is 8.01. The monoisotopic (exact) mass is 814 g/mol. The quantitative estimate of drug-likeness (QED) is 0.0637. The van der Waals surface area contributed by atoms with Gasteiger partial charge in [-0.05, 0) is 178 Å². The van der Waals surface area contributed by atoms with Crippen LogP contribution in [0.15, 0.2) is 66.7 Å². The largest absolute Gasteiger partial charge is 0.423 e. The molecule has 0 heterocycles. The maximum atomic E-state index is 13.2. The minimum absolute atomic E-state index is 0.265. The average molecular weight is 814 g/mol. The predicted molar refractivity (Wildman–Crippen MR) is 246 cm³/mol. The third-order valence-electron chi connectivity index (χ3n) is 15.9. The Balaban J connectivity index is 0.836. The summed E-state index contributed by atoms with van der Waals surface area (Å²) in [5.74, 6) is 6.36. The fourth-order valence-electron chi connectivity index (χ4n) is 12.0. The van der Waals surface area contributed by atoms with E-state index < -0.39 is 11.9 Å². The van der Waals surface area contributed by atoms with Crippen molar-refractivity contribution in [1.29, 1.82) is 5.41 Å². The molecule has 4 fully saturated rings. The molecule has 0 saturated heterocycles. The van der Waals surface area contributed by atoms with Crippen LogP contribution in [0.3, 0.4) is 0 Å². The van der Waals surface area contributed by atoms with Gasteiger partial charge in [0.2, 0.25) is 0 Å². The van der Waals surface area contributed by atoms with Gasteiger partial charge >= 0.3 is 11.9 Å². The van der Waals surface area contributed by atoms with Crippen LogP contribution in [0.4, 0.5) is 0 Å². The van der Waals surface area contributed by atoms with Crippen LogP contribution in [0.5, 0.6) is 11.5 Å². The molecule has 0 aromatic heterocycles. The molecule has 0 bridgehead atoms. The topological polar surface area (TPSA) is 76.5 Å². The number of nitrogens with one attached hydrogen (secondary N) is 1. The standard InChI is InChI=1S/C55H75NO4/c1-3-5-7-9-39-11-15-41(16-12-39)43-19-23-45(24-20-43)47-27-31-49(32-28-47)54(57)59-52-35-36-53(51(37-52)38-56)60-55(58)50-33-29-48(30-34-50)46-25-21-44(22-26-46)42-17-13-40(14-18-42)10-8-6-4-2/h27-46,56H,3-26H2,1-2H3. The van der Waals surface area contributed by atoms with Crippen molar-refractivity contribution < 1.29 is 19.1 Å². The molecule has 324 valence electrons. The van der Waals surface area contributed by atoms with Gasteiger partial charge in [0.1, 0.15) is 11.5 Å². The van der Waals surface area contributed by atoms with Crippen LogP contribution in [0.2, 0.25) is 0 Å². The smallest absolute Gasteiger partial charge is 0.343 e. The molecule has 0 spiro atoms. The molecule has 60 heavy (non-hydrogen) atoms. The summed E-state index contributed by atoms with van der Waals surface area (Å²) in [5.41, 5.74) is 3.99. The van der Waals surface area contributed by atoms with Gasteiger partial charge in [-0.2, -0.15) is 0 Å². The van der Waals surface area contributed by atoms with Gasteiger partial charge in [-0.25, -0.2) is 9.59 Å². The van der Waals surface area contributed by atoms with Crippen molar-refractivity contribution in [2.24, 2.45) is 35.5 Å². The first kappa shape index (κ1) is 44.3. The minimum atomic E-state index is -0.461. The number of benzene rings is 3. The highest BCUT2D eigenvalue weighted by atomic mass is 16.5. The zero-order chi connectivity index (χ0) is 41.7. The molecular formula is C55H75NO4. The third-order valence-corrected chi connectivity index (χ3v) is 15.9. The van der Waals surface area contributed by atoms with Crippen LogP contribution in [-0.2, 0) is 0 Å². The number of hydrogen-bond acceptors (Lipinski definition) is 5. The summed E-state index contributed by atoms with van der Waals surface area (Å²) in [4.78, 5) is 26.4. The van der Waals surface area contributed by atoms with E-state index in [0.29, 0.717) is 34.3 Å². The number of ether oxygens (including phenoxy) is 2. The number of carbonyl (C=O) groups is 2. The lowest BCUT2D eigenvalue weighted by Gasteiger charge is -2.38. The van der Waals surface area contributed by atoms with E-state index in [-0.39, 0.29) is 5.75 Å². The van der Waals surface area contributed by atoms with Crippen molar-refractivity contribution in [2.75, 3.05) is 0 Å². The lowest BCUT2D eigenvalue weighted by atomic mass is 9.68. The predicted octanol–water partition coefficient (Wildman–Crippen LogP) is 15.4. The van der Waals surface area contributed by atoms with E-state index in [4.69, 9.17) is 14.9 Å². The van der Waals surface area contributed by atoms with Gasteiger partial charge in [0, 0.05) is 11.8 Å². The van der Waals surface area contributed by atoms with E-state index >= 15 is 0 Å². The van der Waals surface area contributed by atoms with Crippen LogP contribution in [0, 0.1) is 40.9 Å². The first-order chi connectivity index (χ1) is 29.4. The Bertz CT molecular complexity index is 1780. The van der Waals surface area contributed by atoms with Crippen molar-refractivity contribution in [1.82, 2.24) is 0 Å². The van der Waals surface area contributed by atoms with Gasteiger partial charge in [-0.15, -0.1) is 0 Å². The normalized spacial score (nSPS) is 27.2. The van der Waals surface area contributed by atoms with E-state index in [1.807, 2.05) is 24.3 Å². The molecule has 5 heteroatoms. The molecule has 0 unspecified atom stereocenters. The lowest BCUT2D eigenvalue weighted by Crippen LogP contribution is -2.25. The Morgan fingerprint density at radius 2 is 0.917 bits per heavy atom. The number of carbonyl (C=O) groups excluding carboxylic acids is 2. The van der Waals surface area contributed by atoms with E-state index in [2.05, 4.69) is 38.1 Å². The summed E-state index contributed by atoms with van der Waals surface area (Å²) in [6, 6.07) is 20.7. The zero-order valence-corrected chi connectivity index (χ0v) is 37.2. The number of rotatable bonds is 17. The van der Waals surface area contributed by atoms with Crippen LogP contribution in [-0.4, -0.2) is 18.2 Å². The molecule has 0 radical (unpaired) electrons. The van der Waals surface area contributed by atoms with Gasteiger partial charge in [0.15, 0.2) is 0 Å². The molecule has 5 nitrogen and oxygen atoms in total. The molecule has 3 aromatic rings. The van der Waals surface area contributed by atoms with Crippen molar-refractivity contribution in [3.63, 3.8) is 0 Å². The molecular weight excluding hydrogens is 739 g/mol. The number of unbranched alkanes of at least 4 members (excludes halogenated alkanes) is 4. The molecule has 7 rings (SSSR count). The lowest BCUT2D eigenvalue weighted by molar-refractivity contribution is 0.0719. The second kappa shape index (κ2) is 22.4. The molecule has 1 N–H and O–H groups in total. The van der Waals surface area contributed by atoms with Gasteiger partial charge in [0.25, 0.3) is 0 Å². The maximum Gasteiger partial charge on any atom is 0.343 e. The average Bonchev–Trinajstić information content (AvgIpc) is 3.30. The molecule has 4 saturated carbocycles. The Kier molecular flexibility index (Phi) is 16.5. The van der Waals surface area contributed by atoms with Crippen molar-refractivity contribution >= 4 is 18.2 Å². The number of hydrogen-bond donors (Lipinski definition) is 1. The summed E-state index contributed by atoms with van der Waals surface area (Å²) in [6.45, 7) is 4.60. The molecule has 0 atom stereocenters.